The first kappa shape index (κ1) is 23.8. The van der Waals surface area contributed by atoms with Crippen molar-refractivity contribution < 1.29 is 9.59 Å². The first-order valence-corrected chi connectivity index (χ1v) is 13.3. The number of piperidine rings is 1. The molecule has 188 valence electrons. The Morgan fingerprint density at radius 1 is 1.20 bits per heavy atom. The fraction of sp³-hybridized carbons (Fsp3) is 0.583. The number of aromatic nitrogens is 2. The minimum Gasteiger partial charge on any atom is -0.366 e. The molecule has 5 rings (SSSR count). The number of hydrazine groups is 1. The number of nitrogens with zero attached hydrogens (tertiary/aromatic N) is 6. The zero-order valence-corrected chi connectivity index (χ0v) is 21.5. The molecular formula is C24H34N8O2S. The van der Waals surface area contributed by atoms with E-state index in [1.54, 1.807) is 34.5 Å². The molecule has 4 heterocycles. The highest BCUT2D eigenvalue weighted by Gasteiger charge is 2.39. The summed E-state index contributed by atoms with van der Waals surface area (Å²) in [5.74, 6) is 1.07. The Hall–Kier alpha value is -2.92. The molecule has 1 saturated heterocycles. The van der Waals surface area contributed by atoms with Crippen LogP contribution in [0.5, 0.6) is 0 Å². The van der Waals surface area contributed by atoms with Crippen LogP contribution in [0.25, 0.3) is 0 Å². The number of hydrogen-bond donors (Lipinski definition) is 2. The average molecular weight is 499 g/mol. The van der Waals surface area contributed by atoms with Crippen LogP contribution in [0.1, 0.15) is 66.6 Å². The van der Waals surface area contributed by atoms with E-state index in [-0.39, 0.29) is 12.1 Å². The third kappa shape index (κ3) is 4.42. The van der Waals surface area contributed by atoms with E-state index in [0.29, 0.717) is 40.5 Å². The van der Waals surface area contributed by atoms with Gasteiger partial charge in [0.2, 0.25) is 5.95 Å². The van der Waals surface area contributed by atoms with Gasteiger partial charge in [0.25, 0.3) is 5.91 Å². The monoisotopic (exact) mass is 498 g/mol. The molecule has 3 amide bonds. The van der Waals surface area contributed by atoms with Crippen LogP contribution in [0.4, 0.5) is 27.2 Å². The molecule has 2 aromatic rings. The fourth-order valence-electron chi connectivity index (χ4n) is 5.40. The second-order valence-electron chi connectivity index (χ2n) is 9.70. The Morgan fingerprint density at radius 3 is 2.57 bits per heavy atom. The van der Waals surface area contributed by atoms with Crippen LogP contribution < -0.4 is 21.0 Å². The van der Waals surface area contributed by atoms with Crippen molar-refractivity contribution in [2.24, 2.45) is 5.73 Å². The number of urea groups is 1. The largest absolute Gasteiger partial charge is 0.366 e. The van der Waals surface area contributed by atoms with Gasteiger partial charge in [0, 0.05) is 18.5 Å². The molecule has 2 aromatic heterocycles. The summed E-state index contributed by atoms with van der Waals surface area (Å²) in [6.07, 6.45) is 8.15. The van der Waals surface area contributed by atoms with E-state index in [1.807, 2.05) is 13.0 Å². The number of carbonyl (C=O) groups excluding carboxylic acids is 2. The van der Waals surface area contributed by atoms with Crippen LogP contribution in [0, 0.1) is 0 Å². The van der Waals surface area contributed by atoms with Crippen molar-refractivity contribution in [2.75, 3.05) is 49.0 Å². The molecule has 2 aliphatic heterocycles. The lowest BCUT2D eigenvalue weighted by Crippen LogP contribution is -2.59. The highest BCUT2D eigenvalue weighted by atomic mass is 32.1. The van der Waals surface area contributed by atoms with Crippen molar-refractivity contribution in [2.45, 2.75) is 57.4 Å². The lowest BCUT2D eigenvalue weighted by molar-refractivity contribution is 0.100. The predicted octanol–water partition coefficient (Wildman–Crippen LogP) is 3.75. The van der Waals surface area contributed by atoms with Crippen molar-refractivity contribution in [3.05, 3.63) is 22.7 Å². The quantitative estimate of drug-likeness (QED) is 0.624. The maximum absolute atomic E-state index is 13.0. The van der Waals surface area contributed by atoms with Crippen molar-refractivity contribution in [3.8, 4) is 0 Å². The standard InChI is InChI=1S/C24H34N8O2S/c1-4-31-24(34)30(3)18-14-26-23(27-21(18)32(31)16-7-5-6-8-16)28-22-17(20(25)33)13-19(35-22)15-9-11-29(2)12-10-15/h13-16H,4-12H2,1-3H3,(H2,25,33)(H,26,27,28). The van der Waals surface area contributed by atoms with Gasteiger partial charge in [-0.3, -0.25) is 14.7 Å². The van der Waals surface area contributed by atoms with Crippen molar-refractivity contribution in [1.82, 2.24) is 19.9 Å². The van der Waals surface area contributed by atoms with E-state index >= 15 is 0 Å². The summed E-state index contributed by atoms with van der Waals surface area (Å²) in [4.78, 5) is 39.8. The van der Waals surface area contributed by atoms with Gasteiger partial charge in [-0.2, -0.15) is 4.98 Å². The molecule has 3 N–H and O–H groups in total. The molecule has 10 nitrogen and oxygen atoms in total. The first-order chi connectivity index (χ1) is 16.9. The fourth-order valence-corrected chi connectivity index (χ4v) is 6.63. The Labute approximate surface area is 210 Å². The van der Waals surface area contributed by atoms with Gasteiger partial charge in [0.1, 0.15) is 10.7 Å². The Balaban J connectivity index is 1.48. The number of nitrogens with two attached hydrogens (primary N) is 1. The van der Waals surface area contributed by atoms with Crippen LogP contribution in [-0.2, 0) is 0 Å². The number of carbonyl (C=O) groups is 2. The van der Waals surface area contributed by atoms with Gasteiger partial charge in [-0.05, 0) is 64.7 Å². The number of rotatable bonds is 6. The Kier molecular flexibility index (Phi) is 6.54. The van der Waals surface area contributed by atoms with Gasteiger partial charge in [-0.25, -0.2) is 14.8 Å². The van der Waals surface area contributed by atoms with E-state index in [4.69, 9.17) is 10.7 Å². The van der Waals surface area contributed by atoms with Crippen molar-refractivity contribution >= 4 is 45.7 Å². The van der Waals surface area contributed by atoms with Gasteiger partial charge in [-0.1, -0.05) is 12.8 Å². The summed E-state index contributed by atoms with van der Waals surface area (Å²) in [5, 5.41) is 7.78. The van der Waals surface area contributed by atoms with Crippen LogP contribution in [0.15, 0.2) is 12.3 Å². The highest BCUT2D eigenvalue weighted by Crippen LogP contribution is 2.41. The molecular weight excluding hydrogens is 464 g/mol. The summed E-state index contributed by atoms with van der Waals surface area (Å²) >= 11 is 1.56. The molecule has 0 spiro atoms. The topological polar surface area (TPSA) is 111 Å². The number of hydrogen-bond acceptors (Lipinski definition) is 8. The molecule has 0 radical (unpaired) electrons. The minimum absolute atomic E-state index is 0.0757. The summed E-state index contributed by atoms with van der Waals surface area (Å²) in [6, 6.07) is 2.08. The molecule has 0 atom stereocenters. The summed E-state index contributed by atoms with van der Waals surface area (Å²) < 4.78 is 0. The maximum atomic E-state index is 13.0. The smallest absolute Gasteiger partial charge is 0.343 e. The zero-order valence-electron chi connectivity index (χ0n) is 20.7. The average Bonchev–Trinajstić information content (AvgIpc) is 3.52. The number of anilines is 4. The van der Waals surface area contributed by atoms with Crippen LogP contribution in [0.2, 0.25) is 0 Å². The number of nitrogens with one attached hydrogen (secondary N) is 1. The van der Waals surface area contributed by atoms with E-state index in [0.717, 1.165) is 51.6 Å². The van der Waals surface area contributed by atoms with Crippen molar-refractivity contribution in [1.29, 1.82) is 0 Å². The molecule has 1 aliphatic carbocycles. The lowest BCUT2D eigenvalue weighted by atomic mass is 9.95. The normalized spacial score (nSPS) is 20.0. The number of fused-ring (bicyclic) bond motifs is 1. The summed E-state index contributed by atoms with van der Waals surface area (Å²) in [7, 11) is 3.89. The van der Waals surface area contributed by atoms with Gasteiger partial charge in [0.15, 0.2) is 5.82 Å². The zero-order chi connectivity index (χ0) is 24.7. The molecule has 0 unspecified atom stereocenters. The highest BCUT2D eigenvalue weighted by molar-refractivity contribution is 7.16. The molecule has 35 heavy (non-hydrogen) atoms. The Morgan fingerprint density at radius 2 is 1.91 bits per heavy atom. The van der Waals surface area contributed by atoms with Crippen LogP contribution >= 0.6 is 11.3 Å². The van der Waals surface area contributed by atoms with E-state index in [1.165, 1.54) is 4.88 Å². The second kappa shape index (κ2) is 9.62. The maximum Gasteiger partial charge on any atom is 0.343 e. The summed E-state index contributed by atoms with van der Waals surface area (Å²) in [6.45, 7) is 4.63. The second-order valence-corrected chi connectivity index (χ2v) is 10.8. The van der Waals surface area contributed by atoms with Crippen LogP contribution in [-0.4, -0.2) is 71.6 Å². The van der Waals surface area contributed by atoms with Gasteiger partial charge < -0.3 is 16.0 Å². The number of likely N-dealkylation sites (tertiary alicyclic amines) is 1. The number of primary amides is 1. The molecule has 11 heteroatoms. The SMILES string of the molecule is CCN1C(=O)N(C)c2cnc(Nc3sc(C4CCN(C)CC4)cc3C(N)=O)nc2N1C1CCCC1. The van der Waals surface area contributed by atoms with Gasteiger partial charge >= 0.3 is 6.03 Å². The third-order valence-corrected chi connectivity index (χ3v) is 8.64. The molecule has 0 bridgehead atoms. The van der Waals surface area contributed by atoms with E-state index in [2.05, 4.69) is 27.3 Å². The number of amides is 3. The molecule has 1 saturated carbocycles. The molecule has 0 aromatic carbocycles. The third-order valence-electron chi connectivity index (χ3n) is 7.43. The number of thiophene rings is 1. The lowest BCUT2D eigenvalue weighted by Gasteiger charge is -2.45. The van der Waals surface area contributed by atoms with Gasteiger partial charge in [0.05, 0.1) is 17.8 Å². The van der Waals surface area contributed by atoms with E-state index < -0.39 is 5.91 Å². The van der Waals surface area contributed by atoms with Crippen LogP contribution in [0.3, 0.4) is 0 Å². The predicted molar refractivity (Wildman–Crippen MR) is 139 cm³/mol. The van der Waals surface area contributed by atoms with E-state index in [9.17, 15) is 9.59 Å². The molecule has 2 fully saturated rings. The van der Waals surface area contributed by atoms with Gasteiger partial charge in [-0.15, -0.1) is 11.3 Å². The minimum atomic E-state index is -0.462. The first-order valence-electron chi connectivity index (χ1n) is 12.5. The van der Waals surface area contributed by atoms with Crippen molar-refractivity contribution in [3.63, 3.8) is 0 Å². The summed E-state index contributed by atoms with van der Waals surface area (Å²) in [5.41, 5.74) is 6.90. The Bertz CT molecular complexity index is 1110. The molecule has 3 aliphatic rings.